The number of hydrogen-bond acceptors (Lipinski definition) is 4. The molecule has 96 valence electrons. The molecule has 0 saturated heterocycles. The monoisotopic (exact) mass is 334 g/mol. The maximum Gasteiger partial charge on any atom is 0.144 e. The summed E-state index contributed by atoms with van der Waals surface area (Å²) in [5, 5.41) is 6.16. The van der Waals surface area contributed by atoms with E-state index in [0.717, 1.165) is 25.9 Å². The first-order valence-corrected chi connectivity index (χ1v) is 7.33. The number of aromatic amines is 1. The SMILES string of the molecule is CNc1ncnc(Sc2cc3ccccc3[nH]2)c1Br. The maximum atomic E-state index is 4.30. The van der Waals surface area contributed by atoms with Gasteiger partial charge in [0.1, 0.15) is 17.2 Å². The van der Waals surface area contributed by atoms with Crippen molar-refractivity contribution < 1.29 is 0 Å². The van der Waals surface area contributed by atoms with Crippen LogP contribution in [0.25, 0.3) is 10.9 Å². The Hall–Kier alpha value is -1.53. The highest BCUT2D eigenvalue weighted by Gasteiger charge is 2.10. The second-order valence-electron chi connectivity index (χ2n) is 3.91. The number of anilines is 1. The fraction of sp³-hybridized carbons (Fsp3) is 0.0769. The van der Waals surface area contributed by atoms with Gasteiger partial charge >= 0.3 is 0 Å². The summed E-state index contributed by atoms with van der Waals surface area (Å²) in [7, 11) is 1.84. The Morgan fingerprint density at radius 3 is 2.89 bits per heavy atom. The van der Waals surface area contributed by atoms with E-state index in [0.29, 0.717) is 0 Å². The molecule has 2 N–H and O–H groups in total. The highest BCUT2D eigenvalue weighted by molar-refractivity contribution is 9.10. The maximum absolute atomic E-state index is 4.30. The minimum atomic E-state index is 0.786. The van der Waals surface area contributed by atoms with Gasteiger partial charge in [-0.25, -0.2) is 9.97 Å². The van der Waals surface area contributed by atoms with Gasteiger partial charge in [0.25, 0.3) is 0 Å². The van der Waals surface area contributed by atoms with Crippen molar-refractivity contribution in [1.82, 2.24) is 15.0 Å². The van der Waals surface area contributed by atoms with Crippen LogP contribution in [0.5, 0.6) is 0 Å². The van der Waals surface area contributed by atoms with Crippen LogP contribution >= 0.6 is 27.7 Å². The van der Waals surface area contributed by atoms with E-state index in [1.54, 1.807) is 18.1 Å². The number of aromatic nitrogens is 3. The summed E-state index contributed by atoms with van der Waals surface area (Å²) in [6, 6.07) is 10.3. The number of hydrogen-bond donors (Lipinski definition) is 2. The smallest absolute Gasteiger partial charge is 0.144 e. The summed E-state index contributed by atoms with van der Waals surface area (Å²) in [5.41, 5.74) is 1.13. The van der Waals surface area contributed by atoms with Crippen LogP contribution in [0.1, 0.15) is 0 Å². The summed E-state index contributed by atoms with van der Waals surface area (Å²) in [6.45, 7) is 0. The first-order valence-electron chi connectivity index (χ1n) is 5.72. The molecular weight excluding hydrogens is 324 g/mol. The van der Waals surface area contributed by atoms with Gasteiger partial charge in [0, 0.05) is 18.0 Å². The van der Waals surface area contributed by atoms with E-state index in [-0.39, 0.29) is 0 Å². The number of H-pyrrole nitrogens is 1. The Kier molecular flexibility index (Phi) is 3.44. The number of para-hydroxylation sites is 1. The highest BCUT2D eigenvalue weighted by atomic mass is 79.9. The summed E-state index contributed by atoms with van der Waals surface area (Å²) in [4.78, 5) is 11.8. The van der Waals surface area contributed by atoms with Crippen molar-refractivity contribution in [3.05, 3.63) is 41.1 Å². The van der Waals surface area contributed by atoms with E-state index in [1.165, 1.54) is 5.39 Å². The van der Waals surface area contributed by atoms with Crippen molar-refractivity contribution in [1.29, 1.82) is 0 Å². The molecule has 0 radical (unpaired) electrons. The molecule has 0 aliphatic carbocycles. The van der Waals surface area contributed by atoms with E-state index in [1.807, 2.05) is 19.2 Å². The predicted octanol–water partition coefficient (Wildman–Crippen LogP) is 3.91. The van der Waals surface area contributed by atoms with Gasteiger partial charge in [0.15, 0.2) is 0 Å². The first kappa shape index (κ1) is 12.5. The number of nitrogens with one attached hydrogen (secondary N) is 2. The average Bonchev–Trinajstić information content (AvgIpc) is 2.83. The largest absolute Gasteiger partial charge is 0.372 e. The van der Waals surface area contributed by atoms with Crippen molar-refractivity contribution in [2.75, 3.05) is 12.4 Å². The zero-order valence-electron chi connectivity index (χ0n) is 10.1. The van der Waals surface area contributed by atoms with E-state index in [9.17, 15) is 0 Å². The number of halogens is 1. The van der Waals surface area contributed by atoms with Crippen molar-refractivity contribution in [2.45, 2.75) is 10.1 Å². The fourth-order valence-electron chi connectivity index (χ4n) is 1.81. The summed E-state index contributed by atoms with van der Waals surface area (Å²) in [5.74, 6) is 0.786. The van der Waals surface area contributed by atoms with Gasteiger partial charge in [-0.2, -0.15) is 0 Å². The van der Waals surface area contributed by atoms with Gasteiger partial charge in [0.05, 0.1) is 9.50 Å². The molecule has 4 nitrogen and oxygen atoms in total. The quantitative estimate of drug-likeness (QED) is 0.713. The number of nitrogens with zero attached hydrogens (tertiary/aromatic N) is 2. The molecule has 19 heavy (non-hydrogen) atoms. The topological polar surface area (TPSA) is 53.6 Å². The minimum absolute atomic E-state index is 0.786. The van der Waals surface area contributed by atoms with Crippen molar-refractivity contribution in [3.63, 3.8) is 0 Å². The zero-order valence-corrected chi connectivity index (χ0v) is 12.5. The molecule has 6 heteroatoms. The standard InChI is InChI=1S/C13H11BrN4S/c1-15-12-11(14)13(17-7-16-12)19-10-6-8-4-2-3-5-9(8)18-10/h2-7,18H,1H3,(H,15,16,17). The van der Waals surface area contributed by atoms with E-state index >= 15 is 0 Å². The van der Waals surface area contributed by atoms with Crippen LogP contribution in [0, 0.1) is 0 Å². The lowest BCUT2D eigenvalue weighted by molar-refractivity contribution is 1.02. The third-order valence-corrected chi connectivity index (χ3v) is 4.66. The normalized spacial score (nSPS) is 10.8. The molecule has 2 aromatic heterocycles. The Balaban J connectivity index is 1.96. The van der Waals surface area contributed by atoms with Gasteiger partial charge < -0.3 is 10.3 Å². The highest BCUT2D eigenvalue weighted by Crippen LogP contribution is 2.35. The lowest BCUT2D eigenvalue weighted by atomic mass is 10.3. The number of rotatable bonds is 3. The van der Waals surface area contributed by atoms with Gasteiger partial charge in [-0.05, 0) is 28.1 Å². The molecule has 0 aliphatic rings. The Morgan fingerprint density at radius 1 is 1.26 bits per heavy atom. The summed E-state index contributed by atoms with van der Waals surface area (Å²) < 4.78 is 0.876. The van der Waals surface area contributed by atoms with Crippen LogP contribution < -0.4 is 5.32 Å². The third-order valence-electron chi connectivity index (χ3n) is 2.71. The van der Waals surface area contributed by atoms with E-state index in [2.05, 4.69) is 54.4 Å². The van der Waals surface area contributed by atoms with Crippen LogP contribution in [0.3, 0.4) is 0 Å². The minimum Gasteiger partial charge on any atom is -0.372 e. The van der Waals surface area contributed by atoms with E-state index < -0.39 is 0 Å². The second kappa shape index (κ2) is 5.22. The molecule has 2 heterocycles. The Labute approximate surface area is 123 Å². The van der Waals surface area contributed by atoms with Crippen molar-refractivity contribution in [3.8, 4) is 0 Å². The van der Waals surface area contributed by atoms with Crippen LogP contribution in [-0.4, -0.2) is 22.0 Å². The van der Waals surface area contributed by atoms with Crippen LogP contribution in [-0.2, 0) is 0 Å². The lowest BCUT2D eigenvalue weighted by Gasteiger charge is -2.05. The second-order valence-corrected chi connectivity index (χ2v) is 5.74. The predicted molar refractivity (Wildman–Crippen MR) is 81.7 cm³/mol. The van der Waals surface area contributed by atoms with Crippen LogP contribution in [0.2, 0.25) is 0 Å². The molecule has 3 aromatic rings. The molecule has 3 rings (SSSR count). The number of fused-ring (bicyclic) bond motifs is 1. The molecule has 0 atom stereocenters. The third kappa shape index (κ3) is 2.46. The summed E-state index contributed by atoms with van der Waals surface area (Å²) >= 11 is 5.10. The van der Waals surface area contributed by atoms with Gasteiger partial charge in [-0.1, -0.05) is 30.0 Å². The first-order chi connectivity index (χ1) is 9.28. The van der Waals surface area contributed by atoms with Gasteiger partial charge in [0.2, 0.25) is 0 Å². The van der Waals surface area contributed by atoms with Crippen LogP contribution in [0.4, 0.5) is 5.82 Å². The molecule has 0 fully saturated rings. The Bertz CT molecular complexity index is 692. The molecule has 0 amide bonds. The molecule has 1 aromatic carbocycles. The van der Waals surface area contributed by atoms with Gasteiger partial charge in [-0.15, -0.1) is 0 Å². The average molecular weight is 335 g/mol. The van der Waals surface area contributed by atoms with Crippen molar-refractivity contribution >= 4 is 44.4 Å². The van der Waals surface area contributed by atoms with Gasteiger partial charge in [-0.3, -0.25) is 0 Å². The Morgan fingerprint density at radius 2 is 2.11 bits per heavy atom. The molecule has 0 aliphatic heterocycles. The fourth-order valence-corrected chi connectivity index (χ4v) is 3.29. The molecule has 0 bridgehead atoms. The van der Waals surface area contributed by atoms with Crippen LogP contribution in [0.15, 0.2) is 51.2 Å². The summed E-state index contributed by atoms with van der Waals surface area (Å²) in [6.07, 6.45) is 1.56. The van der Waals surface area contributed by atoms with E-state index in [4.69, 9.17) is 0 Å². The lowest BCUT2D eigenvalue weighted by Crippen LogP contribution is -1.96. The number of benzene rings is 1. The van der Waals surface area contributed by atoms with Crippen molar-refractivity contribution in [2.24, 2.45) is 0 Å². The molecule has 0 spiro atoms. The molecule has 0 unspecified atom stereocenters. The zero-order chi connectivity index (χ0) is 13.2. The molecular formula is C13H11BrN4S. The molecule has 0 saturated carbocycles.